The molecule has 0 saturated carbocycles. The summed E-state index contributed by atoms with van der Waals surface area (Å²) in [5, 5.41) is 13.5. The van der Waals surface area contributed by atoms with Crippen molar-refractivity contribution in [1.82, 2.24) is 15.0 Å². The SMILES string of the molecule is CC(C)(C)[Si](OC[C@@H]1O[C@H](n2cc(Br)c(=O)[nH]c2=O)C(C=O)(NOCc2ccccc2)C1O)(c1ccccc1)c1ccccc1. The summed E-state index contributed by atoms with van der Waals surface area (Å²) in [6.07, 6.45) is -2.31. The van der Waals surface area contributed by atoms with Crippen molar-refractivity contribution in [2.45, 2.75) is 56.4 Å². The number of carbonyl (C=O) groups excluding carboxylic acids is 1. The number of aliphatic hydroxyl groups excluding tert-OH is 1. The van der Waals surface area contributed by atoms with Gasteiger partial charge in [-0.1, -0.05) is 112 Å². The second kappa shape index (κ2) is 13.5. The van der Waals surface area contributed by atoms with Crippen molar-refractivity contribution in [3.63, 3.8) is 0 Å². The van der Waals surface area contributed by atoms with Crippen LogP contribution in [0.1, 0.15) is 32.6 Å². The fraction of sp³-hybridized carbons (Fsp3) is 0.303. The van der Waals surface area contributed by atoms with Gasteiger partial charge in [-0.15, -0.1) is 0 Å². The minimum Gasteiger partial charge on any atom is -0.405 e. The van der Waals surface area contributed by atoms with Crippen molar-refractivity contribution in [2.75, 3.05) is 6.61 Å². The maximum absolute atomic E-state index is 13.0. The molecule has 3 aromatic carbocycles. The Morgan fingerprint density at radius 2 is 1.56 bits per heavy atom. The summed E-state index contributed by atoms with van der Waals surface area (Å²) in [6, 6.07) is 29.2. The number of rotatable bonds is 11. The van der Waals surface area contributed by atoms with Gasteiger partial charge in [-0.3, -0.25) is 19.2 Å². The Bertz CT molecular complexity index is 1670. The second-order valence-electron chi connectivity index (χ2n) is 12.0. The van der Waals surface area contributed by atoms with Crippen LogP contribution in [0.3, 0.4) is 0 Å². The van der Waals surface area contributed by atoms with E-state index in [1.807, 2.05) is 91.0 Å². The first kappa shape index (κ1) is 32.9. The summed E-state index contributed by atoms with van der Waals surface area (Å²) in [6.45, 7) is 6.32. The van der Waals surface area contributed by atoms with Gasteiger partial charge in [-0.05, 0) is 36.9 Å². The molecule has 1 saturated heterocycles. The fourth-order valence-electron chi connectivity index (χ4n) is 5.92. The van der Waals surface area contributed by atoms with E-state index in [-0.39, 0.29) is 22.7 Å². The Morgan fingerprint density at radius 1 is 1.00 bits per heavy atom. The van der Waals surface area contributed by atoms with E-state index >= 15 is 0 Å². The Labute approximate surface area is 270 Å². The van der Waals surface area contributed by atoms with E-state index in [4.69, 9.17) is 14.0 Å². The molecule has 5 rings (SSSR count). The van der Waals surface area contributed by atoms with E-state index in [1.54, 1.807) is 0 Å². The summed E-state index contributed by atoms with van der Waals surface area (Å²) in [5.41, 5.74) is 0.107. The van der Waals surface area contributed by atoms with E-state index in [2.05, 4.69) is 47.2 Å². The molecular weight excluding hydrogens is 658 g/mol. The van der Waals surface area contributed by atoms with Crippen molar-refractivity contribution in [1.29, 1.82) is 0 Å². The van der Waals surface area contributed by atoms with Crippen LogP contribution in [0.4, 0.5) is 0 Å². The molecule has 3 N–H and O–H groups in total. The van der Waals surface area contributed by atoms with E-state index in [0.717, 1.165) is 20.5 Å². The summed E-state index contributed by atoms with van der Waals surface area (Å²) < 4.78 is 14.4. The van der Waals surface area contributed by atoms with Crippen LogP contribution >= 0.6 is 15.9 Å². The number of nitrogens with one attached hydrogen (secondary N) is 2. The zero-order chi connectivity index (χ0) is 32.2. The number of benzene rings is 3. The fourth-order valence-corrected chi connectivity index (χ4v) is 10.8. The van der Waals surface area contributed by atoms with Crippen LogP contribution in [-0.4, -0.2) is 53.6 Å². The maximum atomic E-state index is 13.0. The van der Waals surface area contributed by atoms with E-state index < -0.39 is 43.5 Å². The lowest BCUT2D eigenvalue weighted by Gasteiger charge is -2.43. The highest BCUT2D eigenvalue weighted by Gasteiger charge is 2.60. The Balaban J connectivity index is 1.54. The van der Waals surface area contributed by atoms with Gasteiger partial charge in [0.05, 0.1) is 17.7 Å². The smallest absolute Gasteiger partial charge is 0.330 e. The second-order valence-corrected chi connectivity index (χ2v) is 17.2. The Morgan fingerprint density at radius 3 is 2.09 bits per heavy atom. The van der Waals surface area contributed by atoms with Crippen molar-refractivity contribution in [3.8, 4) is 0 Å². The molecule has 2 unspecified atom stereocenters. The van der Waals surface area contributed by atoms with Gasteiger partial charge in [0.25, 0.3) is 13.9 Å². The van der Waals surface area contributed by atoms with Gasteiger partial charge in [-0.2, -0.15) is 5.48 Å². The Hall–Kier alpha value is -3.49. The molecule has 10 nitrogen and oxygen atoms in total. The highest BCUT2D eigenvalue weighted by atomic mass is 79.9. The van der Waals surface area contributed by atoms with Gasteiger partial charge < -0.3 is 19.1 Å². The average molecular weight is 695 g/mol. The lowest BCUT2D eigenvalue weighted by molar-refractivity contribution is -0.139. The third kappa shape index (κ3) is 6.32. The van der Waals surface area contributed by atoms with Crippen LogP contribution in [0.15, 0.2) is 111 Å². The predicted octanol–water partition coefficient (Wildman–Crippen LogP) is 2.79. The van der Waals surface area contributed by atoms with Crippen LogP contribution in [-0.2, 0) is 25.4 Å². The molecule has 1 fully saturated rings. The lowest BCUT2D eigenvalue weighted by Crippen LogP contribution is -2.67. The molecule has 0 aliphatic carbocycles. The van der Waals surface area contributed by atoms with Gasteiger partial charge in [0.2, 0.25) is 0 Å². The number of aromatic amines is 1. The molecule has 0 bridgehead atoms. The van der Waals surface area contributed by atoms with Crippen molar-refractivity contribution in [2.24, 2.45) is 0 Å². The lowest BCUT2D eigenvalue weighted by atomic mass is 9.92. The molecule has 1 aliphatic rings. The van der Waals surface area contributed by atoms with Crippen molar-refractivity contribution in [3.05, 3.63) is 128 Å². The predicted molar refractivity (Wildman–Crippen MR) is 176 cm³/mol. The summed E-state index contributed by atoms with van der Waals surface area (Å²) in [4.78, 5) is 46.1. The Kier molecular flexibility index (Phi) is 9.85. The molecule has 2 heterocycles. The van der Waals surface area contributed by atoms with Crippen LogP contribution in [0, 0.1) is 0 Å². The molecule has 4 aromatic rings. The molecule has 0 amide bonds. The summed E-state index contributed by atoms with van der Waals surface area (Å²) in [5.74, 6) is 0. The number of nitrogens with zero attached hydrogens (tertiary/aromatic N) is 1. The van der Waals surface area contributed by atoms with Crippen LogP contribution < -0.4 is 27.1 Å². The number of carbonyl (C=O) groups is 1. The third-order valence-electron chi connectivity index (χ3n) is 8.14. The van der Waals surface area contributed by atoms with Crippen LogP contribution in [0.5, 0.6) is 0 Å². The minimum atomic E-state index is -3.06. The largest absolute Gasteiger partial charge is 0.405 e. The normalized spacial score (nSPS) is 21.9. The van der Waals surface area contributed by atoms with E-state index in [0.29, 0.717) is 6.29 Å². The zero-order valence-electron chi connectivity index (χ0n) is 25.2. The first-order valence-electron chi connectivity index (χ1n) is 14.5. The number of halogens is 1. The average Bonchev–Trinajstić information content (AvgIpc) is 3.31. The topological polar surface area (TPSA) is 132 Å². The van der Waals surface area contributed by atoms with Crippen LogP contribution in [0.25, 0.3) is 0 Å². The standard InChI is InChI=1S/C33H36BrN3O7Si/c1-32(2,3)45(24-15-9-5-10-16-24,25-17-11-6-12-18-25)43-21-27-28(39)33(22-38,36-42-20-23-13-7-4-8-14-23)30(44-27)37-19-26(34)29(40)35-31(37)41/h4-19,22,27-28,30,36,39H,20-21H2,1-3H3,(H,35,40,41)/t27-,28?,30-,33?/m0/s1. The number of hydrogen-bond acceptors (Lipinski definition) is 8. The van der Waals surface area contributed by atoms with Gasteiger partial charge in [0.1, 0.15) is 18.5 Å². The zero-order valence-corrected chi connectivity index (χ0v) is 27.8. The molecule has 0 spiro atoms. The molecule has 0 radical (unpaired) electrons. The van der Waals surface area contributed by atoms with Crippen molar-refractivity contribution >= 4 is 40.9 Å². The molecule has 12 heteroatoms. The number of ether oxygens (including phenoxy) is 1. The molecular formula is C33H36BrN3O7Si. The molecule has 1 aromatic heterocycles. The van der Waals surface area contributed by atoms with Gasteiger partial charge in [0, 0.05) is 6.20 Å². The highest BCUT2D eigenvalue weighted by molar-refractivity contribution is 9.10. The summed E-state index contributed by atoms with van der Waals surface area (Å²) >= 11 is 3.15. The first-order chi connectivity index (χ1) is 21.5. The number of aldehydes is 1. The van der Waals surface area contributed by atoms with E-state index in [9.17, 15) is 19.5 Å². The number of aliphatic hydroxyl groups is 1. The molecule has 45 heavy (non-hydrogen) atoms. The number of H-pyrrole nitrogens is 1. The van der Waals surface area contributed by atoms with Crippen molar-refractivity contribution < 1.29 is 23.9 Å². The summed E-state index contributed by atoms with van der Waals surface area (Å²) in [7, 11) is -3.06. The monoisotopic (exact) mass is 693 g/mol. The molecule has 4 atom stereocenters. The number of hydrogen-bond donors (Lipinski definition) is 3. The molecule has 236 valence electrons. The number of aromatic nitrogens is 2. The van der Waals surface area contributed by atoms with Gasteiger partial charge in [0.15, 0.2) is 11.8 Å². The minimum absolute atomic E-state index is 0.0391. The van der Waals surface area contributed by atoms with Gasteiger partial charge in [-0.25, -0.2) is 4.79 Å². The first-order valence-corrected chi connectivity index (χ1v) is 17.2. The quantitative estimate of drug-likeness (QED) is 0.124. The third-order valence-corrected chi connectivity index (χ3v) is 13.7. The maximum Gasteiger partial charge on any atom is 0.330 e. The highest BCUT2D eigenvalue weighted by Crippen LogP contribution is 2.40. The molecule has 1 aliphatic heterocycles. The van der Waals surface area contributed by atoms with E-state index in [1.165, 1.54) is 6.20 Å². The number of hydroxylamine groups is 1. The van der Waals surface area contributed by atoms with Crippen LogP contribution in [0.2, 0.25) is 5.04 Å². The van der Waals surface area contributed by atoms with Gasteiger partial charge >= 0.3 is 5.69 Å².